The van der Waals surface area contributed by atoms with E-state index in [-0.39, 0.29) is 18.4 Å². The number of carbonyl (C=O) groups excluding carboxylic acids is 1. The number of likely N-dealkylation sites (tertiary alicyclic amines) is 1. The molecule has 1 amide bonds. The molecular weight excluding hydrogens is 362 g/mol. The number of amides is 1. The number of benzene rings is 2. The summed E-state index contributed by atoms with van der Waals surface area (Å²) in [6, 6.07) is 17.8. The average Bonchev–Trinajstić information content (AvgIpc) is 2.78. The highest BCUT2D eigenvalue weighted by Gasteiger charge is 2.28. The molecule has 29 heavy (non-hydrogen) atoms. The van der Waals surface area contributed by atoms with Gasteiger partial charge in [0.1, 0.15) is 5.75 Å². The van der Waals surface area contributed by atoms with Crippen molar-refractivity contribution in [3.63, 3.8) is 0 Å². The van der Waals surface area contributed by atoms with Crippen molar-refractivity contribution in [2.24, 2.45) is 0 Å². The van der Waals surface area contributed by atoms with Gasteiger partial charge in [0.05, 0.1) is 11.4 Å². The lowest BCUT2D eigenvalue weighted by Gasteiger charge is -2.33. The Balaban J connectivity index is 1.48. The van der Waals surface area contributed by atoms with Crippen molar-refractivity contribution in [1.29, 1.82) is 0 Å². The summed E-state index contributed by atoms with van der Waals surface area (Å²) in [5, 5.41) is 0. The minimum Gasteiger partial charge on any atom is -0.484 e. The van der Waals surface area contributed by atoms with Gasteiger partial charge in [-0.25, -0.2) is 0 Å². The summed E-state index contributed by atoms with van der Waals surface area (Å²) in [7, 11) is 0. The largest absolute Gasteiger partial charge is 0.484 e. The van der Waals surface area contributed by atoms with E-state index in [2.05, 4.69) is 35.1 Å². The second kappa shape index (κ2) is 8.86. The second-order valence-electron chi connectivity index (χ2n) is 7.44. The molecule has 0 radical (unpaired) electrons. The Morgan fingerprint density at radius 3 is 2.76 bits per heavy atom. The van der Waals surface area contributed by atoms with Gasteiger partial charge in [0, 0.05) is 37.0 Å². The summed E-state index contributed by atoms with van der Waals surface area (Å²) in [5.41, 5.74) is 4.15. The van der Waals surface area contributed by atoms with Crippen molar-refractivity contribution in [2.75, 3.05) is 19.7 Å². The molecule has 1 fully saturated rings. The molecule has 0 unspecified atom stereocenters. The number of aryl methyl sites for hydroxylation is 1. The zero-order valence-electron chi connectivity index (χ0n) is 16.6. The van der Waals surface area contributed by atoms with Crippen molar-refractivity contribution < 1.29 is 9.53 Å². The van der Waals surface area contributed by atoms with Gasteiger partial charge in [0.25, 0.3) is 5.91 Å². The normalized spacial score (nSPS) is 16.4. The molecule has 1 atom stereocenters. The molecule has 1 aliphatic rings. The lowest BCUT2D eigenvalue weighted by atomic mass is 9.91. The smallest absolute Gasteiger partial charge is 0.260 e. The van der Waals surface area contributed by atoms with Crippen molar-refractivity contribution in [2.45, 2.75) is 25.7 Å². The number of rotatable bonds is 5. The lowest BCUT2D eigenvalue weighted by Crippen LogP contribution is -2.41. The number of hydrogen-bond donors (Lipinski definition) is 0. The van der Waals surface area contributed by atoms with Gasteiger partial charge in [-0.2, -0.15) is 0 Å². The maximum Gasteiger partial charge on any atom is 0.260 e. The molecule has 4 rings (SSSR count). The van der Waals surface area contributed by atoms with Gasteiger partial charge < -0.3 is 9.64 Å². The molecule has 1 saturated heterocycles. The quantitative estimate of drug-likeness (QED) is 0.657. The Morgan fingerprint density at radius 2 is 1.93 bits per heavy atom. The van der Waals surface area contributed by atoms with Crippen LogP contribution in [-0.4, -0.2) is 40.5 Å². The minimum atomic E-state index is 0.0135. The molecule has 5 heteroatoms. The third-order valence-corrected chi connectivity index (χ3v) is 5.28. The van der Waals surface area contributed by atoms with Gasteiger partial charge in [-0.05, 0) is 38.0 Å². The highest BCUT2D eigenvalue weighted by Crippen LogP contribution is 2.32. The SMILES string of the molecule is Cc1cccc(-c2nccnc2[C@H]2CCCN(C(=O)COc3ccccc3)C2)c1. The van der Waals surface area contributed by atoms with Gasteiger partial charge >= 0.3 is 0 Å². The molecule has 0 bridgehead atoms. The van der Waals surface area contributed by atoms with Crippen LogP contribution < -0.4 is 4.74 Å². The Kier molecular flexibility index (Phi) is 5.84. The molecular formula is C24H25N3O2. The molecule has 2 aromatic carbocycles. The van der Waals surface area contributed by atoms with Crippen molar-refractivity contribution in [3.8, 4) is 17.0 Å². The number of para-hydroxylation sites is 1. The fourth-order valence-corrected chi connectivity index (χ4v) is 3.84. The van der Waals surface area contributed by atoms with E-state index in [0.29, 0.717) is 12.3 Å². The van der Waals surface area contributed by atoms with Crippen LogP contribution in [0, 0.1) is 6.92 Å². The van der Waals surface area contributed by atoms with Gasteiger partial charge in [-0.3, -0.25) is 14.8 Å². The first kappa shape index (κ1) is 19.1. The van der Waals surface area contributed by atoms with Gasteiger partial charge in [-0.15, -0.1) is 0 Å². The molecule has 1 aromatic heterocycles. The highest BCUT2D eigenvalue weighted by atomic mass is 16.5. The molecule has 1 aliphatic heterocycles. The minimum absolute atomic E-state index is 0.0135. The Morgan fingerprint density at radius 1 is 1.10 bits per heavy atom. The van der Waals surface area contributed by atoms with Crippen LogP contribution in [0.1, 0.15) is 30.0 Å². The standard InChI is InChI=1S/C24H25N3O2/c1-18-7-5-8-19(15-18)23-24(26-13-12-25-23)20-9-6-14-27(16-20)22(28)17-29-21-10-3-2-4-11-21/h2-5,7-8,10-13,15,20H,6,9,14,16-17H2,1H3/t20-/m0/s1. The number of carbonyl (C=O) groups is 1. The fraction of sp³-hybridized carbons (Fsp3) is 0.292. The summed E-state index contributed by atoms with van der Waals surface area (Å²) in [4.78, 5) is 23.9. The first-order valence-corrected chi connectivity index (χ1v) is 10.0. The Labute approximate surface area is 171 Å². The van der Waals surface area contributed by atoms with Crippen LogP contribution >= 0.6 is 0 Å². The van der Waals surface area contributed by atoms with Crippen molar-refractivity contribution >= 4 is 5.91 Å². The molecule has 0 spiro atoms. The number of piperidine rings is 1. The molecule has 0 saturated carbocycles. The van der Waals surface area contributed by atoms with E-state index in [0.717, 1.165) is 36.3 Å². The second-order valence-corrected chi connectivity index (χ2v) is 7.44. The zero-order valence-corrected chi connectivity index (χ0v) is 16.6. The van der Waals surface area contributed by atoms with E-state index >= 15 is 0 Å². The van der Waals surface area contributed by atoms with Gasteiger partial charge in [0.2, 0.25) is 0 Å². The van der Waals surface area contributed by atoms with Crippen LogP contribution in [0.15, 0.2) is 67.0 Å². The van der Waals surface area contributed by atoms with Crippen molar-refractivity contribution in [1.82, 2.24) is 14.9 Å². The van der Waals surface area contributed by atoms with E-state index < -0.39 is 0 Å². The van der Waals surface area contributed by atoms with Crippen LogP contribution in [0.3, 0.4) is 0 Å². The predicted molar refractivity (Wildman–Crippen MR) is 113 cm³/mol. The summed E-state index contributed by atoms with van der Waals surface area (Å²) < 4.78 is 5.65. The molecule has 5 nitrogen and oxygen atoms in total. The van der Waals surface area contributed by atoms with Crippen LogP contribution in [0.2, 0.25) is 0 Å². The maximum atomic E-state index is 12.7. The van der Waals surface area contributed by atoms with Crippen LogP contribution in [0.25, 0.3) is 11.3 Å². The lowest BCUT2D eigenvalue weighted by molar-refractivity contribution is -0.134. The van der Waals surface area contributed by atoms with E-state index in [4.69, 9.17) is 4.74 Å². The van der Waals surface area contributed by atoms with Crippen LogP contribution in [-0.2, 0) is 4.79 Å². The molecule has 3 aromatic rings. The monoisotopic (exact) mass is 387 g/mol. The summed E-state index contributed by atoms with van der Waals surface area (Å²) in [6.45, 7) is 3.54. The Bertz CT molecular complexity index is 975. The fourth-order valence-electron chi connectivity index (χ4n) is 3.84. The number of hydrogen-bond acceptors (Lipinski definition) is 4. The molecule has 0 aliphatic carbocycles. The van der Waals surface area contributed by atoms with Crippen LogP contribution in [0.4, 0.5) is 0 Å². The van der Waals surface area contributed by atoms with E-state index in [1.807, 2.05) is 41.3 Å². The van der Waals surface area contributed by atoms with Crippen molar-refractivity contribution in [3.05, 3.63) is 78.2 Å². The van der Waals surface area contributed by atoms with Gasteiger partial charge in [0.15, 0.2) is 6.61 Å². The average molecular weight is 387 g/mol. The van der Waals surface area contributed by atoms with Crippen LogP contribution in [0.5, 0.6) is 5.75 Å². The zero-order chi connectivity index (χ0) is 20.1. The summed E-state index contributed by atoms with van der Waals surface area (Å²) in [6.07, 6.45) is 5.43. The maximum absolute atomic E-state index is 12.7. The third-order valence-electron chi connectivity index (χ3n) is 5.28. The van der Waals surface area contributed by atoms with E-state index in [1.54, 1.807) is 12.4 Å². The molecule has 2 heterocycles. The molecule has 0 N–H and O–H groups in total. The topological polar surface area (TPSA) is 55.3 Å². The summed E-state index contributed by atoms with van der Waals surface area (Å²) >= 11 is 0. The predicted octanol–water partition coefficient (Wildman–Crippen LogP) is 4.24. The first-order chi connectivity index (χ1) is 14.2. The Hall–Kier alpha value is -3.21. The van der Waals surface area contributed by atoms with E-state index in [1.165, 1.54) is 5.56 Å². The third kappa shape index (κ3) is 4.62. The number of ether oxygens (including phenoxy) is 1. The van der Waals surface area contributed by atoms with E-state index in [9.17, 15) is 4.79 Å². The number of aromatic nitrogens is 2. The highest BCUT2D eigenvalue weighted by molar-refractivity contribution is 5.78. The first-order valence-electron chi connectivity index (χ1n) is 10.0. The number of nitrogens with zero attached hydrogens (tertiary/aromatic N) is 3. The van der Waals surface area contributed by atoms with Gasteiger partial charge in [-0.1, -0.05) is 42.0 Å². The summed E-state index contributed by atoms with van der Waals surface area (Å²) in [5.74, 6) is 0.901. The molecule has 148 valence electrons.